The predicted molar refractivity (Wildman–Crippen MR) is 96.7 cm³/mol. The van der Waals surface area contributed by atoms with Crippen LogP contribution in [0.5, 0.6) is 0 Å². The lowest BCUT2D eigenvalue weighted by Gasteiger charge is -2.18. The molecule has 1 aliphatic rings. The molecule has 0 radical (unpaired) electrons. The first-order chi connectivity index (χ1) is 12.1. The number of benzene rings is 1. The molecular weight excluding hydrogens is 314 g/mol. The van der Waals surface area contributed by atoms with Gasteiger partial charge in [0.25, 0.3) is 0 Å². The SMILES string of the molecule is C[C@H](NC(=O)CCN1CCCC1=O)c1ccc(-c2cccnc2)cc1. The molecule has 2 amide bonds. The maximum Gasteiger partial charge on any atom is 0.222 e. The number of nitrogens with one attached hydrogen (secondary N) is 1. The van der Waals surface area contributed by atoms with Crippen LogP contribution in [0.15, 0.2) is 48.8 Å². The van der Waals surface area contributed by atoms with Gasteiger partial charge in [-0.2, -0.15) is 0 Å². The third-order valence-electron chi connectivity index (χ3n) is 4.56. The van der Waals surface area contributed by atoms with Crippen LogP contribution < -0.4 is 5.32 Å². The molecule has 2 heterocycles. The lowest BCUT2D eigenvalue weighted by atomic mass is 10.0. The molecule has 0 saturated carbocycles. The number of aromatic nitrogens is 1. The van der Waals surface area contributed by atoms with Gasteiger partial charge in [-0.1, -0.05) is 30.3 Å². The van der Waals surface area contributed by atoms with E-state index in [4.69, 9.17) is 0 Å². The zero-order valence-electron chi connectivity index (χ0n) is 14.4. The molecule has 25 heavy (non-hydrogen) atoms. The zero-order chi connectivity index (χ0) is 17.6. The molecule has 1 N–H and O–H groups in total. The highest BCUT2D eigenvalue weighted by atomic mass is 16.2. The molecule has 1 aromatic carbocycles. The van der Waals surface area contributed by atoms with Crippen LogP contribution in [-0.4, -0.2) is 34.8 Å². The van der Waals surface area contributed by atoms with Crippen LogP contribution in [0.25, 0.3) is 11.1 Å². The molecule has 130 valence electrons. The summed E-state index contributed by atoms with van der Waals surface area (Å²) in [6.07, 6.45) is 5.45. The van der Waals surface area contributed by atoms with Gasteiger partial charge >= 0.3 is 0 Å². The maximum atomic E-state index is 12.1. The van der Waals surface area contributed by atoms with Crippen LogP contribution in [0.1, 0.15) is 37.8 Å². The topological polar surface area (TPSA) is 62.3 Å². The first kappa shape index (κ1) is 17.1. The molecule has 1 atom stereocenters. The molecule has 0 aliphatic carbocycles. The number of hydrogen-bond donors (Lipinski definition) is 1. The summed E-state index contributed by atoms with van der Waals surface area (Å²) in [4.78, 5) is 29.6. The van der Waals surface area contributed by atoms with Crippen molar-refractivity contribution in [2.24, 2.45) is 0 Å². The van der Waals surface area contributed by atoms with Crippen molar-refractivity contribution in [3.63, 3.8) is 0 Å². The second-order valence-corrected chi connectivity index (χ2v) is 6.39. The van der Waals surface area contributed by atoms with Crippen LogP contribution in [-0.2, 0) is 9.59 Å². The summed E-state index contributed by atoms with van der Waals surface area (Å²) in [7, 11) is 0. The minimum Gasteiger partial charge on any atom is -0.350 e. The average Bonchev–Trinajstić information content (AvgIpc) is 3.06. The summed E-state index contributed by atoms with van der Waals surface area (Å²) >= 11 is 0. The van der Waals surface area contributed by atoms with Gasteiger partial charge in [-0.25, -0.2) is 0 Å². The molecular formula is C20H23N3O2. The maximum absolute atomic E-state index is 12.1. The second-order valence-electron chi connectivity index (χ2n) is 6.39. The van der Waals surface area contributed by atoms with Gasteiger partial charge in [0.05, 0.1) is 6.04 Å². The Kier molecular flexibility index (Phi) is 5.43. The molecule has 1 aromatic heterocycles. The Hall–Kier alpha value is -2.69. The Morgan fingerprint density at radius 1 is 1.24 bits per heavy atom. The molecule has 0 spiro atoms. The standard InChI is InChI=1S/C20H23N3O2/c1-15(22-19(24)10-13-23-12-3-5-20(23)25)16-6-8-17(9-7-16)18-4-2-11-21-14-18/h2,4,6-9,11,14-15H,3,5,10,12-13H2,1H3,(H,22,24)/t15-/m0/s1. The van der Waals surface area contributed by atoms with Crippen molar-refractivity contribution in [2.45, 2.75) is 32.2 Å². The van der Waals surface area contributed by atoms with Crippen LogP contribution in [0.3, 0.4) is 0 Å². The van der Waals surface area contributed by atoms with Gasteiger partial charge in [-0.05, 0) is 36.1 Å². The number of rotatable bonds is 6. The fourth-order valence-electron chi connectivity index (χ4n) is 3.07. The lowest BCUT2D eigenvalue weighted by molar-refractivity contribution is -0.128. The Morgan fingerprint density at radius 2 is 2.04 bits per heavy atom. The highest BCUT2D eigenvalue weighted by Gasteiger charge is 2.20. The highest BCUT2D eigenvalue weighted by molar-refractivity contribution is 5.80. The van der Waals surface area contributed by atoms with Crippen molar-refractivity contribution in [1.82, 2.24) is 15.2 Å². The third-order valence-corrected chi connectivity index (χ3v) is 4.56. The van der Waals surface area contributed by atoms with Gasteiger partial charge < -0.3 is 10.2 Å². The molecule has 2 aromatic rings. The molecule has 1 aliphatic heterocycles. The number of carbonyl (C=O) groups is 2. The number of amides is 2. The number of pyridine rings is 1. The van der Waals surface area contributed by atoms with Crippen molar-refractivity contribution in [3.8, 4) is 11.1 Å². The Balaban J connectivity index is 1.53. The monoisotopic (exact) mass is 337 g/mol. The number of nitrogens with zero attached hydrogens (tertiary/aromatic N) is 2. The van der Waals surface area contributed by atoms with Crippen molar-refractivity contribution in [1.29, 1.82) is 0 Å². The minimum absolute atomic E-state index is 0.0245. The highest BCUT2D eigenvalue weighted by Crippen LogP contribution is 2.21. The van der Waals surface area contributed by atoms with E-state index in [-0.39, 0.29) is 17.9 Å². The van der Waals surface area contributed by atoms with Gasteiger partial charge in [0.15, 0.2) is 0 Å². The fourth-order valence-corrected chi connectivity index (χ4v) is 3.07. The summed E-state index contributed by atoms with van der Waals surface area (Å²) < 4.78 is 0. The van der Waals surface area contributed by atoms with Gasteiger partial charge in [0.1, 0.15) is 0 Å². The Bertz CT molecular complexity index is 728. The molecule has 0 unspecified atom stereocenters. The summed E-state index contributed by atoms with van der Waals surface area (Å²) in [6, 6.07) is 12.0. The summed E-state index contributed by atoms with van der Waals surface area (Å²) in [5, 5.41) is 3.00. The van der Waals surface area contributed by atoms with E-state index in [0.717, 1.165) is 29.7 Å². The largest absolute Gasteiger partial charge is 0.350 e. The van der Waals surface area contributed by atoms with Crippen LogP contribution in [0, 0.1) is 0 Å². The smallest absolute Gasteiger partial charge is 0.222 e. The first-order valence-electron chi connectivity index (χ1n) is 8.71. The molecule has 5 nitrogen and oxygen atoms in total. The first-order valence-corrected chi connectivity index (χ1v) is 8.71. The van der Waals surface area contributed by atoms with E-state index in [0.29, 0.717) is 19.4 Å². The van der Waals surface area contributed by atoms with E-state index in [1.54, 1.807) is 11.1 Å². The van der Waals surface area contributed by atoms with Crippen LogP contribution >= 0.6 is 0 Å². The zero-order valence-corrected chi connectivity index (χ0v) is 14.4. The van der Waals surface area contributed by atoms with Gasteiger partial charge in [-0.15, -0.1) is 0 Å². The predicted octanol–water partition coefficient (Wildman–Crippen LogP) is 2.94. The number of likely N-dealkylation sites (tertiary alicyclic amines) is 1. The van der Waals surface area contributed by atoms with E-state index in [2.05, 4.69) is 10.3 Å². The fraction of sp³-hybridized carbons (Fsp3) is 0.350. The van der Waals surface area contributed by atoms with E-state index < -0.39 is 0 Å². The lowest BCUT2D eigenvalue weighted by Crippen LogP contribution is -2.32. The molecule has 5 heteroatoms. The Morgan fingerprint density at radius 3 is 2.68 bits per heavy atom. The molecule has 1 fully saturated rings. The van der Waals surface area contributed by atoms with Crippen molar-refractivity contribution in [3.05, 3.63) is 54.4 Å². The average molecular weight is 337 g/mol. The second kappa shape index (κ2) is 7.92. The van der Waals surface area contributed by atoms with Gasteiger partial charge in [0.2, 0.25) is 11.8 Å². The van der Waals surface area contributed by atoms with Crippen molar-refractivity contribution < 1.29 is 9.59 Å². The summed E-state index contributed by atoms with van der Waals surface area (Å²) in [5.41, 5.74) is 3.22. The Labute approximate surface area is 148 Å². The van der Waals surface area contributed by atoms with Gasteiger partial charge in [0, 0.05) is 38.3 Å². The van der Waals surface area contributed by atoms with Crippen LogP contribution in [0.4, 0.5) is 0 Å². The van der Waals surface area contributed by atoms with E-state index in [1.807, 2.05) is 49.5 Å². The van der Waals surface area contributed by atoms with Crippen molar-refractivity contribution >= 4 is 11.8 Å². The van der Waals surface area contributed by atoms with E-state index >= 15 is 0 Å². The third kappa shape index (κ3) is 4.44. The molecule has 1 saturated heterocycles. The normalized spacial score (nSPS) is 15.2. The quantitative estimate of drug-likeness (QED) is 0.881. The van der Waals surface area contributed by atoms with E-state index in [1.165, 1.54) is 0 Å². The van der Waals surface area contributed by atoms with Crippen LogP contribution in [0.2, 0.25) is 0 Å². The summed E-state index contributed by atoms with van der Waals surface area (Å²) in [5.74, 6) is 0.135. The molecule has 0 bridgehead atoms. The summed E-state index contributed by atoms with van der Waals surface area (Å²) in [6.45, 7) is 3.26. The number of carbonyl (C=O) groups excluding carboxylic acids is 2. The van der Waals surface area contributed by atoms with Crippen molar-refractivity contribution in [2.75, 3.05) is 13.1 Å². The van der Waals surface area contributed by atoms with Gasteiger partial charge in [-0.3, -0.25) is 14.6 Å². The van der Waals surface area contributed by atoms with E-state index in [9.17, 15) is 9.59 Å². The minimum atomic E-state index is -0.0651. The molecule has 3 rings (SSSR count). The number of hydrogen-bond acceptors (Lipinski definition) is 3.